The van der Waals surface area contributed by atoms with Crippen molar-refractivity contribution in [1.29, 1.82) is 0 Å². The number of benzene rings is 1. The van der Waals surface area contributed by atoms with E-state index in [2.05, 4.69) is 76.5 Å². The summed E-state index contributed by atoms with van der Waals surface area (Å²) < 4.78 is 2.46. The number of nitrogens with zero attached hydrogens (tertiary/aromatic N) is 2. The van der Waals surface area contributed by atoms with Crippen LogP contribution in [0.5, 0.6) is 0 Å². The molecule has 0 saturated heterocycles. The Hall–Kier alpha value is -1.57. The van der Waals surface area contributed by atoms with E-state index < -0.39 is 0 Å². The van der Waals surface area contributed by atoms with Gasteiger partial charge in [0, 0.05) is 17.5 Å². The summed E-state index contributed by atoms with van der Waals surface area (Å²) in [6, 6.07) is 8.56. The van der Waals surface area contributed by atoms with Crippen molar-refractivity contribution in [2.45, 2.75) is 54.4 Å². The molecule has 1 aromatic carbocycles. The number of hydrogen-bond acceptors (Lipinski definition) is 1. The first-order valence-electron chi connectivity index (χ1n) is 9.08. The Morgan fingerprint density at radius 3 is 2.52 bits per heavy atom. The van der Waals surface area contributed by atoms with Gasteiger partial charge in [0.05, 0.1) is 11.0 Å². The molecule has 2 aromatic rings. The minimum absolute atomic E-state index is 0.196. The van der Waals surface area contributed by atoms with Gasteiger partial charge in [-0.1, -0.05) is 59.8 Å². The molecule has 0 spiro atoms. The van der Waals surface area contributed by atoms with Gasteiger partial charge in [-0.15, -0.1) is 0 Å². The smallest absolute Gasteiger partial charge is 0.113 e. The molecule has 0 N–H and O–H groups in total. The van der Waals surface area contributed by atoms with Crippen molar-refractivity contribution in [3.05, 3.63) is 36.2 Å². The van der Waals surface area contributed by atoms with Crippen molar-refractivity contribution in [1.82, 2.24) is 9.55 Å². The number of hydrogen-bond donors (Lipinski definition) is 0. The number of allylic oxidation sites excluding steroid dienone is 2. The molecule has 1 aliphatic carbocycles. The third-order valence-corrected chi connectivity index (χ3v) is 6.08. The van der Waals surface area contributed by atoms with E-state index in [1.807, 2.05) is 0 Å². The molecule has 2 atom stereocenters. The largest absolute Gasteiger partial charge is 0.300 e. The number of para-hydroxylation sites is 2. The molecule has 0 saturated carbocycles. The summed E-state index contributed by atoms with van der Waals surface area (Å²) in [6.45, 7) is 14.2. The van der Waals surface area contributed by atoms with Crippen molar-refractivity contribution in [3.63, 3.8) is 0 Å². The maximum atomic E-state index is 4.89. The Morgan fingerprint density at radius 2 is 1.91 bits per heavy atom. The monoisotopic (exact) mass is 310 g/mol. The molecule has 2 heteroatoms. The van der Waals surface area contributed by atoms with E-state index in [0.717, 1.165) is 11.9 Å². The molecule has 1 heterocycles. The molecule has 3 rings (SSSR count). The van der Waals surface area contributed by atoms with E-state index in [1.165, 1.54) is 23.5 Å². The normalized spacial score (nSPS) is 24.9. The van der Waals surface area contributed by atoms with Crippen LogP contribution in [-0.2, 0) is 6.42 Å². The van der Waals surface area contributed by atoms with E-state index >= 15 is 0 Å². The number of aryl methyl sites for hydroxylation is 1. The lowest BCUT2D eigenvalue weighted by Crippen LogP contribution is -2.35. The van der Waals surface area contributed by atoms with Gasteiger partial charge >= 0.3 is 0 Å². The van der Waals surface area contributed by atoms with Gasteiger partial charge in [0.1, 0.15) is 5.82 Å². The van der Waals surface area contributed by atoms with Crippen molar-refractivity contribution >= 4 is 16.7 Å². The molecule has 1 aromatic heterocycles. The van der Waals surface area contributed by atoms with Crippen LogP contribution in [0.15, 0.2) is 30.3 Å². The van der Waals surface area contributed by atoms with Crippen LogP contribution >= 0.6 is 0 Å². The molecule has 1 aliphatic rings. The van der Waals surface area contributed by atoms with Crippen molar-refractivity contribution in [3.8, 4) is 0 Å². The molecule has 0 bridgehead atoms. The SMILES string of the molecule is CCc1nc2ccccc2n1C1=CCC(C(C)C)[C@]1(C)C(C)C. The first-order chi connectivity index (χ1) is 10.9. The van der Waals surface area contributed by atoms with Crippen LogP contribution in [-0.4, -0.2) is 9.55 Å². The van der Waals surface area contributed by atoms with Gasteiger partial charge in [-0.2, -0.15) is 0 Å². The van der Waals surface area contributed by atoms with E-state index in [0.29, 0.717) is 17.8 Å². The third-order valence-electron chi connectivity index (χ3n) is 6.08. The zero-order valence-corrected chi connectivity index (χ0v) is 15.4. The lowest BCUT2D eigenvalue weighted by Gasteiger charge is -2.41. The highest BCUT2D eigenvalue weighted by Gasteiger charge is 2.46. The highest BCUT2D eigenvalue weighted by atomic mass is 15.1. The quantitative estimate of drug-likeness (QED) is 0.700. The van der Waals surface area contributed by atoms with Gasteiger partial charge in [0.25, 0.3) is 0 Å². The maximum Gasteiger partial charge on any atom is 0.113 e. The number of imidazole rings is 1. The highest BCUT2D eigenvalue weighted by molar-refractivity contribution is 5.81. The standard InChI is InChI=1S/C21H30N2/c1-7-20-22-17-10-8-9-11-18(17)23(20)19-13-12-16(14(2)3)21(19,6)15(4)5/h8-11,13-16H,7,12H2,1-6H3/t16?,21-/m0/s1. The predicted octanol–water partition coefficient (Wildman–Crippen LogP) is 5.78. The summed E-state index contributed by atoms with van der Waals surface area (Å²) in [4.78, 5) is 4.89. The average Bonchev–Trinajstić information content (AvgIpc) is 3.05. The fraction of sp³-hybridized carbons (Fsp3) is 0.571. The Kier molecular flexibility index (Phi) is 4.12. The summed E-state index contributed by atoms with van der Waals surface area (Å²) in [7, 11) is 0. The predicted molar refractivity (Wildman–Crippen MR) is 99.3 cm³/mol. The lowest BCUT2D eigenvalue weighted by molar-refractivity contribution is 0.153. The van der Waals surface area contributed by atoms with Gasteiger partial charge in [0.15, 0.2) is 0 Å². The van der Waals surface area contributed by atoms with Gasteiger partial charge in [-0.3, -0.25) is 4.57 Å². The van der Waals surface area contributed by atoms with E-state index in [9.17, 15) is 0 Å². The second kappa shape index (κ2) is 5.81. The molecular formula is C21H30N2. The number of rotatable bonds is 4. The summed E-state index contributed by atoms with van der Waals surface area (Å²) in [5.41, 5.74) is 4.04. The van der Waals surface area contributed by atoms with Crippen LogP contribution < -0.4 is 0 Å². The Morgan fingerprint density at radius 1 is 1.22 bits per heavy atom. The molecule has 0 aliphatic heterocycles. The zero-order valence-electron chi connectivity index (χ0n) is 15.4. The van der Waals surface area contributed by atoms with Crippen molar-refractivity contribution in [2.75, 3.05) is 0 Å². The summed E-state index contributed by atoms with van der Waals surface area (Å²) in [5.74, 6) is 3.18. The lowest BCUT2D eigenvalue weighted by atomic mass is 9.66. The third kappa shape index (κ3) is 2.34. The van der Waals surface area contributed by atoms with Gasteiger partial charge < -0.3 is 0 Å². The molecule has 124 valence electrons. The fourth-order valence-electron chi connectivity index (χ4n) is 4.50. The molecule has 0 fully saturated rings. The minimum Gasteiger partial charge on any atom is -0.300 e. The zero-order chi connectivity index (χ0) is 16.8. The number of aromatic nitrogens is 2. The van der Waals surface area contributed by atoms with Gasteiger partial charge in [-0.05, 0) is 36.3 Å². The molecule has 1 unspecified atom stereocenters. The first-order valence-corrected chi connectivity index (χ1v) is 9.08. The Balaban J connectivity index is 2.22. The molecular weight excluding hydrogens is 280 g/mol. The Bertz CT molecular complexity index is 735. The van der Waals surface area contributed by atoms with E-state index in [-0.39, 0.29) is 5.41 Å². The van der Waals surface area contributed by atoms with E-state index in [4.69, 9.17) is 4.98 Å². The van der Waals surface area contributed by atoms with Crippen molar-refractivity contribution in [2.24, 2.45) is 23.2 Å². The molecule has 0 amide bonds. The number of fused-ring (bicyclic) bond motifs is 1. The summed E-state index contributed by atoms with van der Waals surface area (Å²) in [5, 5.41) is 0. The van der Waals surface area contributed by atoms with Crippen LogP contribution in [0.4, 0.5) is 0 Å². The fourth-order valence-corrected chi connectivity index (χ4v) is 4.50. The van der Waals surface area contributed by atoms with Crippen LogP contribution in [0.1, 0.15) is 53.8 Å². The van der Waals surface area contributed by atoms with Crippen molar-refractivity contribution < 1.29 is 0 Å². The highest BCUT2D eigenvalue weighted by Crippen LogP contribution is 2.54. The Labute approximate surface area is 140 Å². The molecule has 23 heavy (non-hydrogen) atoms. The van der Waals surface area contributed by atoms with Crippen LogP contribution in [0.3, 0.4) is 0 Å². The first kappa shape index (κ1) is 16.3. The van der Waals surface area contributed by atoms with Crippen LogP contribution in [0.2, 0.25) is 0 Å². The topological polar surface area (TPSA) is 17.8 Å². The second-order valence-corrected chi connectivity index (χ2v) is 7.82. The average molecular weight is 310 g/mol. The van der Waals surface area contributed by atoms with Gasteiger partial charge in [0.2, 0.25) is 0 Å². The molecule has 2 nitrogen and oxygen atoms in total. The summed E-state index contributed by atoms with van der Waals surface area (Å²) in [6.07, 6.45) is 4.63. The van der Waals surface area contributed by atoms with Gasteiger partial charge in [-0.25, -0.2) is 4.98 Å². The van der Waals surface area contributed by atoms with E-state index in [1.54, 1.807) is 0 Å². The molecule has 0 radical (unpaired) electrons. The summed E-state index contributed by atoms with van der Waals surface area (Å²) >= 11 is 0. The minimum atomic E-state index is 0.196. The second-order valence-electron chi connectivity index (χ2n) is 7.82. The maximum absolute atomic E-state index is 4.89. The van der Waals surface area contributed by atoms with Crippen LogP contribution in [0, 0.1) is 23.2 Å². The van der Waals surface area contributed by atoms with Crippen LogP contribution in [0.25, 0.3) is 16.7 Å².